The number of carbonyl (C=O) groups is 1. The fraction of sp³-hybridized carbons (Fsp3) is 0.909. The number of halogens is 3. The van der Waals surface area contributed by atoms with Gasteiger partial charge in [0.25, 0.3) is 0 Å². The summed E-state index contributed by atoms with van der Waals surface area (Å²) in [4.78, 5) is 11.6. The molecule has 0 atom stereocenters. The molecule has 2 saturated carbocycles. The first-order chi connectivity index (χ1) is 7.77. The molecule has 0 spiro atoms. The SMILES string of the molecule is NC1(CC(=O)NC2(C(F)(F)F)CC2)CCCC1. The first-order valence-corrected chi connectivity index (χ1v) is 5.93. The van der Waals surface area contributed by atoms with E-state index in [2.05, 4.69) is 5.32 Å². The Morgan fingerprint density at radius 2 is 1.71 bits per heavy atom. The van der Waals surface area contributed by atoms with E-state index in [9.17, 15) is 18.0 Å². The number of carbonyl (C=O) groups excluding carboxylic acids is 1. The maximum absolute atomic E-state index is 12.6. The van der Waals surface area contributed by atoms with E-state index in [-0.39, 0.29) is 19.3 Å². The van der Waals surface area contributed by atoms with Gasteiger partial charge in [0, 0.05) is 12.0 Å². The zero-order chi connectivity index (χ0) is 12.7. The molecule has 2 aliphatic carbocycles. The minimum Gasteiger partial charge on any atom is -0.342 e. The zero-order valence-corrected chi connectivity index (χ0v) is 9.57. The second-order valence-electron chi connectivity index (χ2n) is 5.37. The Bertz CT molecular complexity index is 317. The standard InChI is InChI=1S/C11H17F3N2O/c12-11(13,14)10(5-6-10)16-8(17)7-9(15)3-1-2-4-9/h1-7,15H2,(H,16,17). The smallest absolute Gasteiger partial charge is 0.342 e. The Morgan fingerprint density at radius 1 is 1.18 bits per heavy atom. The fourth-order valence-electron chi connectivity index (χ4n) is 2.49. The van der Waals surface area contributed by atoms with Crippen LogP contribution in [0.15, 0.2) is 0 Å². The van der Waals surface area contributed by atoms with Crippen molar-refractivity contribution in [2.45, 2.75) is 62.2 Å². The van der Waals surface area contributed by atoms with E-state index < -0.39 is 23.2 Å². The van der Waals surface area contributed by atoms with Crippen molar-refractivity contribution in [1.29, 1.82) is 0 Å². The zero-order valence-electron chi connectivity index (χ0n) is 9.57. The Kier molecular flexibility index (Phi) is 2.88. The van der Waals surface area contributed by atoms with E-state index in [0.29, 0.717) is 0 Å². The number of alkyl halides is 3. The summed E-state index contributed by atoms with van der Waals surface area (Å²) in [5.41, 5.74) is 3.42. The van der Waals surface area contributed by atoms with Crippen LogP contribution in [0.1, 0.15) is 44.9 Å². The van der Waals surface area contributed by atoms with Crippen molar-refractivity contribution in [2.75, 3.05) is 0 Å². The predicted molar refractivity (Wildman–Crippen MR) is 56.2 cm³/mol. The van der Waals surface area contributed by atoms with E-state index in [0.717, 1.165) is 25.7 Å². The Labute approximate surface area is 97.9 Å². The number of nitrogens with one attached hydrogen (secondary N) is 1. The molecular formula is C11H17F3N2O. The van der Waals surface area contributed by atoms with E-state index in [1.165, 1.54) is 0 Å². The van der Waals surface area contributed by atoms with Gasteiger partial charge in [0.05, 0.1) is 0 Å². The first-order valence-electron chi connectivity index (χ1n) is 5.93. The maximum atomic E-state index is 12.6. The summed E-state index contributed by atoms with van der Waals surface area (Å²) < 4.78 is 37.9. The molecule has 2 aliphatic rings. The lowest BCUT2D eigenvalue weighted by Gasteiger charge is -2.26. The molecule has 0 aromatic carbocycles. The monoisotopic (exact) mass is 250 g/mol. The highest BCUT2D eigenvalue weighted by Crippen LogP contribution is 2.49. The summed E-state index contributed by atoms with van der Waals surface area (Å²) in [5, 5.41) is 2.12. The lowest BCUT2D eigenvalue weighted by molar-refractivity contribution is -0.170. The highest BCUT2D eigenvalue weighted by molar-refractivity contribution is 5.78. The molecule has 3 N–H and O–H groups in total. The van der Waals surface area contributed by atoms with Crippen molar-refractivity contribution in [3.05, 3.63) is 0 Å². The van der Waals surface area contributed by atoms with E-state index in [1.807, 2.05) is 0 Å². The van der Waals surface area contributed by atoms with Crippen molar-refractivity contribution in [3.63, 3.8) is 0 Å². The van der Waals surface area contributed by atoms with Crippen molar-refractivity contribution in [1.82, 2.24) is 5.32 Å². The maximum Gasteiger partial charge on any atom is 0.411 e. The topological polar surface area (TPSA) is 55.1 Å². The molecule has 98 valence electrons. The lowest BCUT2D eigenvalue weighted by Crippen LogP contribution is -2.51. The molecule has 6 heteroatoms. The van der Waals surface area contributed by atoms with Gasteiger partial charge in [0.15, 0.2) is 0 Å². The second-order valence-corrected chi connectivity index (χ2v) is 5.37. The van der Waals surface area contributed by atoms with E-state index in [1.54, 1.807) is 0 Å². The Morgan fingerprint density at radius 3 is 2.12 bits per heavy atom. The van der Waals surface area contributed by atoms with Crippen LogP contribution in [0, 0.1) is 0 Å². The normalized spacial score (nSPS) is 25.6. The number of rotatable bonds is 3. The molecule has 0 aromatic heterocycles. The Balaban J connectivity index is 1.90. The second kappa shape index (κ2) is 3.86. The van der Waals surface area contributed by atoms with Crippen molar-refractivity contribution in [2.24, 2.45) is 5.73 Å². The minimum absolute atomic E-state index is 0.00479. The molecule has 0 saturated heterocycles. The third-order valence-corrected chi connectivity index (χ3v) is 3.78. The average Bonchev–Trinajstić information content (AvgIpc) is 2.82. The molecule has 0 aromatic rings. The number of amides is 1. The highest BCUT2D eigenvalue weighted by Gasteiger charge is 2.64. The molecule has 2 fully saturated rings. The van der Waals surface area contributed by atoms with Gasteiger partial charge in [-0.1, -0.05) is 12.8 Å². The summed E-state index contributed by atoms with van der Waals surface area (Å²) in [6.07, 6.45) is -1.02. The molecule has 0 unspecified atom stereocenters. The first kappa shape index (κ1) is 12.7. The quantitative estimate of drug-likeness (QED) is 0.803. The van der Waals surface area contributed by atoms with Gasteiger partial charge >= 0.3 is 6.18 Å². The number of nitrogens with two attached hydrogens (primary N) is 1. The van der Waals surface area contributed by atoms with Crippen LogP contribution in [-0.2, 0) is 4.79 Å². The number of hydrogen-bond acceptors (Lipinski definition) is 2. The summed E-state index contributed by atoms with van der Waals surface area (Å²) in [6, 6.07) is 0. The molecule has 0 heterocycles. The summed E-state index contributed by atoms with van der Waals surface area (Å²) in [7, 11) is 0. The molecule has 1 amide bonds. The van der Waals surface area contributed by atoms with Gasteiger partial charge in [-0.3, -0.25) is 4.79 Å². The number of hydrogen-bond donors (Lipinski definition) is 2. The van der Waals surface area contributed by atoms with Gasteiger partial charge in [-0.05, 0) is 25.7 Å². The van der Waals surface area contributed by atoms with Crippen LogP contribution >= 0.6 is 0 Å². The summed E-state index contributed by atoms with van der Waals surface area (Å²) in [6.45, 7) is 0. The van der Waals surface area contributed by atoms with E-state index >= 15 is 0 Å². The Hall–Kier alpha value is -0.780. The van der Waals surface area contributed by atoms with Crippen LogP contribution in [-0.4, -0.2) is 23.2 Å². The van der Waals surface area contributed by atoms with Gasteiger partial charge < -0.3 is 11.1 Å². The molecular weight excluding hydrogens is 233 g/mol. The average molecular weight is 250 g/mol. The van der Waals surface area contributed by atoms with Crippen molar-refractivity contribution < 1.29 is 18.0 Å². The lowest BCUT2D eigenvalue weighted by atomic mass is 9.94. The van der Waals surface area contributed by atoms with Crippen LogP contribution in [0.4, 0.5) is 13.2 Å². The van der Waals surface area contributed by atoms with Gasteiger partial charge in [-0.15, -0.1) is 0 Å². The van der Waals surface area contributed by atoms with Crippen LogP contribution in [0.3, 0.4) is 0 Å². The molecule has 0 radical (unpaired) electrons. The molecule has 17 heavy (non-hydrogen) atoms. The third-order valence-electron chi connectivity index (χ3n) is 3.78. The highest BCUT2D eigenvalue weighted by atomic mass is 19.4. The molecule has 2 rings (SSSR count). The molecule has 0 aliphatic heterocycles. The predicted octanol–water partition coefficient (Wildman–Crippen LogP) is 1.86. The molecule has 3 nitrogen and oxygen atoms in total. The third kappa shape index (κ3) is 2.56. The van der Waals surface area contributed by atoms with Gasteiger partial charge in [-0.25, -0.2) is 0 Å². The molecule has 0 bridgehead atoms. The summed E-state index contributed by atoms with van der Waals surface area (Å²) in [5.74, 6) is -0.566. The van der Waals surface area contributed by atoms with Gasteiger partial charge in [-0.2, -0.15) is 13.2 Å². The van der Waals surface area contributed by atoms with Crippen LogP contribution in [0.2, 0.25) is 0 Å². The van der Waals surface area contributed by atoms with Gasteiger partial charge in [0.1, 0.15) is 5.54 Å². The van der Waals surface area contributed by atoms with Crippen LogP contribution in [0.25, 0.3) is 0 Å². The largest absolute Gasteiger partial charge is 0.411 e. The van der Waals surface area contributed by atoms with Crippen LogP contribution < -0.4 is 11.1 Å². The summed E-state index contributed by atoms with van der Waals surface area (Å²) >= 11 is 0. The fourth-order valence-corrected chi connectivity index (χ4v) is 2.49. The van der Waals surface area contributed by atoms with Crippen molar-refractivity contribution >= 4 is 5.91 Å². The minimum atomic E-state index is -4.35. The van der Waals surface area contributed by atoms with Crippen molar-refractivity contribution in [3.8, 4) is 0 Å². The van der Waals surface area contributed by atoms with Crippen LogP contribution in [0.5, 0.6) is 0 Å². The van der Waals surface area contributed by atoms with E-state index in [4.69, 9.17) is 5.73 Å². The van der Waals surface area contributed by atoms with Gasteiger partial charge in [0.2, 0.25) is 5.91 Å².